The van der Waals surface area contributed by atoms with Crippen LogP contribution in [-0.2, 0) is 14.8 Å². The number of nitrogens with one attached hydrogen (secondary N) is 2. The van der Waals surface area contributed by atoms with Gasteiger partial charge in [0.2, 0.25) is 15.9 Å². The summed E-state index contributed by atoms with van der Waals surface area (Å²) in [4.78, 5) is 26.3. The summed E-state index contributed by atoms with van der Waals surface area (Å²) >= 11 is 12.2. The number of anilines is 1. The number of rotatable bonds is 11. The Labute approximate surface area is 243 Å². The molecule has 1 heterocycles. The van der Waals surface area contributed by atoms with Gasteiger partial charge < -0.3 is 16.2 Å². The van der Waals surface area contributed by atoms with E-state index in [9.17, 15) is 23.1 Å². The second-order valence-corrected chi connectivity index (χ2v) is 12.5. The lowest BCUT2D eigenvalue weighted by Crippen LogP contribution is -2.51. The maximum Gasteiger partial charge on any atom is 0.252 e. The Morgan fingerprint density at radius 3 is 2.05 bits per heavy atom. The number of carbonyl (C=O) groups excluding carboxylic acids is 2. The summed E-state index contributed by atoms with van der Waals surface area (Å²) in [5.41, 5.74) is 7.62. The van der Waals surface area contributed by atoms with Crippen LogP contribution >= 0.6 is 23.2 Å². The third-order valence-electron chi connectivity index (χ3n) is 6.65. The first-order valence-corrected chi connectivity index (χ1v) is 15.0. The fraction of sp³-hybridized carbons (Fsp3) is 0.286. The molecule has 1 aliphatic rings. The second kappa shape index (κ2) is 12.6. The minimum absolute atomic E-state index is 0.0810. The molecule has 2 atom stereocenters. The first-order valence-electron chi connectivity index (χ1n) is 12.6. The molecule has 3 aromatic rings. The van der Waals surface area contributed by atoms with Gasteiger partial charge in [-0.1, -0.05) is 53.5 Å². The molecule has 9 nitrogen and oxygen atoms in total. The number of likely N-dealkylation sites (tertiary alicyclic amines) is 1. The van der Waals surface area contributed by atoms with Gasteiger partial charge in [-0.15, -0.1) is 0 Å². The van der Waals surface area contributed by atoms with Crippen molar-refractivity contribution in [2.75, 3.05) is 23.6 Å². The van der Waals surface area contributed by atoms with Crippen LogP contribution in [0.5, 0.6) is 0 Å². The Bertz CT molecular complexity index is 1420. The predicted octanol–water partition coefficient (Wildman–Crippen LogP) is 3.42. The molecule has 5 N–H and O–H groups in total. The second-order valence-electron chi connectivity index (χ2n) is 9.88. The van der Waals surface area contributed by atoms with Crippen LogP contribution in [0, 0.1) is 5.92 Å². The van der Waals surface area contributed by atoms with Crippen LogP contribution in [0.15, 0.2) is 72.8 Å². The minimum Gasteiger partial charge on any atom is -0.391 e. The molecule has 0 unspecified atom stereocenters. The van der Waals surface area contributed by atoms with Gasteiger partial charge in [0.15, 0.2) is 0 Å². The molecule has 40 heavy (non-hydrogen) atoms. The van der Waals surface area contributed by atoms with Gasteiger partial charge in [0.1, 0.15) is 6.04 Å². The van der Waals surface area contributed by atoms with Gasteiger partial charge in [0, 0.05) is 40.3 Å². The van der Waals surface area contributed by atoms with Crippen molar-refractivity contribution in [1.82, 2.24) is 10.2 Å². The number of aliphatic hydroxyl groups excluding tert-OH is 1. The number of primary amides is 1. The lowest BCUT2D eigenvalue weighted by molar-refractivity contribution is -0.122. The monoisotopic (exact) mass is 604 g/mol. The normalized spacial score (nSPS) is 15.7. The van der Waals surface area contributed by atoms with E-state index in [4.69, 9.17) is 28.9 Å². The van der Waals surface area contributed by atoms with E-state index in [0.29, 0.717) is 23.1 Å². The summed E-state index contributed by atoms with van der Waals surface area (Å²) in [7, 11) is -3.73. The van der Waals surface area contributed by atoms with E-state index in [2.05, 4.69) is 14.9 Å². The van der Waals surface area contributed by atoms with Gasteiger partial charge >= 0.3 is 0 Å². The molecular weight excluding hydrogens is 575 g/mol. The zero-order chi connectivity index (χ0) is 29.0. The molecule has 0 bridgehead atoms. The van der Waals surface area contributed by atoms with Gasteiger partial charge in [-0.25, -0.2) is 8.42 Å². The number of hydrogen-bond donors (Lipinski definition) is 4. The number of amides is 2. The number of nitrogens with zero attached hydrogens (tertiary/aromatic N) is 1. The molecule has 0 saturated carbocycles. The predicted molar refractivity (Wildman–Crippen MR) is 156 cm³/mol. The van der Waals surface area contributed by atoms with Crippen LogP contribution in [0.4, 0.5) is 5.69 Å². The van der Waals surface area contributed by atoms with E-state index in [0.717, 1.165) is 11.1 Å². The van der Waals surface area contributed by atoms with Crippen molar-refractivity contribution in [2.45, 2.75) is 25.1 Å². The van der Waals surface area contributed by atoms with E-state index in [1.807, 2.05) is 48.5 Å². The molecule has 0 radical (unpaired) electrons. The van der Waals surface area contributed by atoms with Crippen molar-refractivity contribution in [3.05, 3.63) is 99.5 Å². The van der Waals surface area contributed by atoms with Crippen molar-refractivity contribution in [2.24, 2.45) is 11.7 Å². The van der Waals surface area contributed by atoms with E-state index >= 15 is 0 Å². The quantitative estimate of drug-likeness (QED) is 0.264. The molecule has 2 amide bonds. The fourth-order valence-electron chi connectivity index (χ4n) is 4.74. The van der Waals surface area contributed by atoms with Crippen LogP contribution in [-0.4, -0.2) is 61.2 Å². The molecule has 1 saturated heterocycles. The Kier molecular flexibility index (Phi) is 9.37. The van der Waals surface area contributed by atoms with Gasteiger partial charge in [-0.05, 0) is 60.5 Å². The summed E-state index contributed by atoms with van der Waals surface area (Å²) < 4.78 is 28.5. The lowest BCUT2D eigenvalue weighted by Gasteiger charge is -2.44. The number of sulfonamides is 1. The third kappa shape index (κ3) is 7.52. The van der Waals surface area contributed by atoms with Gasteiger partial charge in [0.05, 0.1) is 17.9 Å². The van der Waals surface area contributed by atoms with Gasteiger partial charge in [-0.2, -0.15) is 0 Å². The maximum absolute atomic E-state index is 13.0. The highest BCUT2D eigenvalue weighted by Gasteiger charge is 2.36. The van der Waals surface area contributed by atoms with Gasteiger partial charge in [0.25, 0.3) is 5.91 Å². The molecule has 0 spiro atoms. The highest BCUT2D eigenvalue weighted by Crippen LogP contribution is 2.36. The Balaban J connectivity index is 1.40. The summed E-state index contributed by atoms with van der Waals surface area (Å²) in [6.07, 6.45) is -1.19. The summed E-state index contributed by atoms with van der Waals surface area (Å²) in [5, 5.41) is 13.3. The van der Waals surface area contributed by atoms with Crippen molar-refractivity contribution >= 4 is 50.7 Å². The van der Waals surface area contributed by atoms with Crippen molar-refractivity contribution in [1.29, 1.82) is 0 Å². The number of aliphatic hydroxyl groups is 1. The summed E-state index contributed by atoms with van der Waals surface area (Å²) in [6, 6.07) is 19.7. The molecule has 212 valence electrons. The molecule has 12 heteroatoms. The van der Waals surface area contributed by atoms with E-state index in [-0.39, 0.29) is 29.0 Å². The van der Waals surface area contributed by atoms with E-state index in [1.54, 1.807) is 0 Å². The lowest BCUT2D eigenvalue weighted by atomic mass is 9.91. The van der Waals surface area contributed by atoms with E-state index in [1.165, 1.54) is 31.2 Å². The Morgan fingerprint density at radius 2 is 1.55 bits per heavy atom. The fourth-order valence-corrected chi connectivity index (χ4v) is 6.39. The average Bonchev–Trinajstić information content (AvgIpc) is 2.87. The van der Waals surface area contributed by atoms with Crippen molar-refractivity contribution in [3.8, 4) is 0 Å². The van der Waals surface area contributed by atoms with Crippen LogP contribution in [0.2, 0.25) is 10.0 Å². The number of carbonyl (C=O) groups is 2. The van der Waals surface area contributed by atoms with Crippen LogP contribution < -0.4 is 15.8 Å². The van der Waals surface area contributed by atoms with Gasteiger partial charge in [-0.3, -0.25) is 19.2 Å². The summed E-state index contributed by atoms with van der Waals surface area (Å²) in [6.45, 7) is 2.45. The third-order valence-corrected chi connectivity index (χ3v) is 8.61. The van der Waals surface area contributed by atoms with Crippen molar-refractivity contribution < 1.29 is 23.1 Å². The number of nitrogens with two attached hydrogens (primary N) is 1. The maximum atomic E-state index is 13.0. The highest BCUT2D eigenvalue weighted by molar-refractivity contribution is 7.92. The number of benzene rings is 3. The molecular formula is C28H30Cl2N4O5S. The standard InChI is InChI=1S/C28H30Cl2N4O5S/c1-17(35)25(27(31)36)32-28(37)21-3-2-4-24(13-21)33-40(38,39)16-18-14-34(15-18)26(19-5-9-22(29)10-6-19)20-7-11-23(30)12-8-20/h2-13,17-18,25-26,33,35H,14-16H2,1H3,(H2,31,36)(H,32,37)/t17-,25+/m1/s1. The SMILES string of the molecule is C[C@@H](O)[C@H](NC(=O)c1cccc(NS(=O)(=O)CC2CN(C(c3ccc(Cl)cc3)c3ccc(Cl)cc3)C2)c1)C(N)=O. The molecule has 4 rings (SSSR count). The topological polar surface area (TPSA) is 142 Å². The highest BCUT2D eigenvalue weighted by atomic mass is 35.5. The molecule has 0 aromatic heterocycles. The zero-order valence-electron chi connectivity index (χ0n) is 21.6. The zero-order valence-corrected chi connectivity index (χ0v) is 24.0. The number of halogens is 2. The largest absolute Gasteiger partial charge is 0.391 e. The van der Waals surface area contributed by atoms with E-state index < -0.39 is 34.0 Å². The van der Waals surface area contributed by atoms with Crippen LogP contribution in [0.1, 0.15) is 34.5 Å². The molecule has 1 aliphatic heterocycles. The van der Waals surface area contributed by atoms with Crippen LogP contribution in [0.25, 0.3) is 0 Å². The summed E-state index contributed by atoms with van der Waals surface area (Å²) in [5.74, 6) is -1.76. The first kappa shape index (κ1) is 29.8. The number of hydrogen-bond acceptors (Lipinski definition) is 6. The molecule has 3 aromatic carbocycles. The first-order chi connectivity index (χ1) is 18.9. The Hall–Kier alpha value is -3.15. The Morgan fingerprint density at radius 1 is 1.00 bits per heavy atom. The van der Waals surface area contributed by atoms with Crippen molar-refractivity contribution in [3.63, 3.8) is 0 Å². The average molecular weight is 606 g/mol. The minimum atomic E-state index is -3.73. The smallest absolute Gasteiger partial charge is 0.252 e. The molecule has 0 aliphatic carbocycles. The molecule has 1 fully saturated rings. The van der Waals surface area contributed by atoms with Crippen LogP contribution in [0.3, 0.4) is 0 Å².